The lowest BCUT2D eigenvalue weighted by atomic mass is 9.93. The van der Waals surface area contributed by atoms with Crippen LogP contribution in [0.15, 0.2) is 0 Å². The van der Waals surface area contributed by atoms with Crippen molar-refractivity contribution in [3.63, 3.8) is 0 Å². The van der Waals surface area contributed by atoms with Crippen LogP contribution in [0.3, 0.4) is 0 Å². The van der Waals surface area contributed by atoms with Gasteiger partial charge in [0.15, 0.2) is 5.67 Å². The molecule has 0 aromatic heterocycles. The van der Waals surface area contributed by atoms with E-state index in [4.69, 9.17) is 5.11 Å². The molecule has 4 heteroatoms. The van der Waals surface area contributed by atoms with Crippen molar-refractivity contribution in [1.29, 1.82) is 0 Å². The lowest BCUT2D eigenvalue weighted by molar-refractivity contribution is -0.288. The molecular weight excluding hydrogens is 145 g/mol. The summed E-state index contributed by atoms with van der Waals surface area (Å²) in [7, 11) is 0. The SMILES string of the molecule is CC(C)C(C)(F)C(O)(F)F. The number of aliphatic hydroxyl groups is 1. The molecule has 0 aromatic rings. The van der Waals surface area contributed by atoms with E-state index in [0.29, 0.717) is 6.92 Å². The molecule has 0 saturated carbocycles. The third kappa shape index (κ3) is 1.62. The summed E-state index contributed by atoms with van der Waals surface area (Å²) in [4.78, 5) is 0. The second-order valence-electron chi connectivity index (χ2n) is 2.77. The van der Waals surface area contributed by atoms with Gasteiger partial charge in [-0.3, -0.25) is 0 Å². The highest BCUT2D eigenvalue weighted by Crippen LogP contribution is 2.35. The minimum atomic E-state index is -4.25. The van der Waals surface area contributed by atoms with E-state index in [1.807, 2.05) is 0 Å². The van der Waals surface area contributed by atoms with Gasteiger partial charge in [0, 0.05) is 0 Å². The summed E-state index contributed by atoms with van der Waals surface area (Å²) >= 11 is 0. The van der Waals surface area contributed by atoms with Crippen molar-refractivity contribution in [1.82, 2.24) is 0 Å². The van der Waals surface area contributed by atoms with E-state index >= 15 is 0 Å². The Morgan fingerprint density at radius 1 is 1.20 bits per heavy atom. The van der Waals surface area contributed by atoms with Gasteiger partial charge < -0.3 is 5.11 Å². The topological polar surface area (TPSA) is 20.2 Å². The van der Waals surface area contributed by atoms with Crippen LogP contribution >= 0.6 is 0 Å². The van der Waals surface area contributed by atoms with Gasteiger partial charge in [-0.25, -0.2) is 4.39 Å². The lowest BCUT2D eigenvalue weighted by Gasteiger charge is -2.28. The predicted octanol–water partition coefficient (Wildman–Crippen LogP) is 1.96. The molecule has 0 saturated heterocycles. The molecule has 0 bridgehead atoms. The quantitative estimate of drug-likeness (QED) is 0.647. The zero-order chi connectivity index (χ0) is 8.58. The third-order valence-electron chi connectivity index (χ3n) is 1.67. The average molecular weight is 156 g/mol. The Morgan fingerprint density at radius 2 is 1.50 bits per heavy atom. The van der Waals surface area contributed by atoms with Gasteiger partial charge in [-0.05, 0) is 12.8 Å². The first kappa shape index (κ1) is 9.75. The summed E-state index contributed by atoms with van der Waals surface area (Å²) in [6.07, 6.45) is -4.25. The monoisotopic (exact) mass is 156 g/mol. The summed E-state index contributed by atoms with van der Waals surface area (Å²) in [5.74, 6) is -0.910. The largest absolute Gasteiger partial charge is 0.387 e. The van der Waals surface area contributed by atoms with E-state index in [2.05, 4.69) is 0 Å². The molecule has 0 amide bonds. The molecular formula is C6H11F3O. The Hall–Kier alpha value is -0.250. The van der Waals surface area contributed by atoms with Crippen molar-refractivity contribution < 1.29 is 18.3 Å². The van der Waals surface area contributed by atoms with Gasteiger partial charge in [-0.1, -0.05) is 13.8 Å². The first-order valence-electron chi connectivity index (χ1n) is 2.98. The van der Waals surface area contributed by atoms with Crippen molar-refractivity contribution in [2.75, 3.05) is 0 Å². The zero-order valence-electron chi connectivity index (χ0n) is 6.16. The Morgan fingerprint density at radius 3 is 1.50 bits per heavy atom. The summed E-state index contributed by atoms with van der Waals surface area (Å²) in [6.45, 7) is 3.24. The molecule has 0 aliphatic rings. The third-order valence-corrected chi connectivity index (χ3v) is 1.67. The van der Waals surface area contributed by atoms with Crippen LogP contribution in [0.5, 0.6) is 0 Å². The smallest absolute Gasteiger partial charge is 0.334 e. The molecule has 1 unspecified atom stereocenters. The van der Waals surface area contributed by atoms with Gasteiger partial charge in [0.2, 0.25) is 0 Å². The Kier molecular flexibility index (Phi) is 2.36. The van der Waals surface area contributed by atoms with Crippen LogP contribution in [0, 0.1) is 5.92 Å². The van der Waals surface area contributed by atoms with Crippen molar-refractivity contribution >= 4 is 0 Å². The summed E-state index contributed by atoms with van der Waals surface area (Å²) in [5.41, 5.74) is -2.84. The number of alkyl halides is 3. The second kappa shape index (κ2) is 2.42. The number of rotatable bonds is 2. The molecule has 1 nitrogen and oxygen atoms in total. The van der Waals surface area contributed by atoms with Gasteiger partial charge in [0.1, 0.15) is 0 Å². The Bertz CT molecular complexity index is 115. The van der Waals surface area contributed by atoms with Gasteiger partial charge >= 0.3 is 6.11 Å². The van der Waals surface area contributed by atoms with Crippen LogP contribution in [-0.2, 0) is 0 Å². The van der Waals surface area contributed by atoms with E-state index in [1.165, 1.54) is 13.8 Å². The molecule has 0 aliphatic heterocycles. The Labute approximate surface area is 57.9 Å². The standard InChI is InChI=1S/C6H11F3O/c1-4(2)5(3,7)6(8,9)10/h4,10H,1-3H3. The van der Waals surface area contributed by atoms with E-state index in [1.54, 1.807) is 0 Å². The molecule has 0 rings (SSSR count). The fourth-order valence-corrected chi connectivity index (χ4v) is 0.347. The maximum Gasteiger partial charge on any atom is 0.387 e. The van der Waals surface area contributed by atoms with E-state index in [-0.39, 0.29) is 0 Å². The minimum absolute atomic E-state index is 0.678. The molecule has 0 spiro atoms. The molecule has 62 valence electrons. The predicted molar refractivity (Wildman–Crippen MR) is 31.5 cm³/mol. The first-order chi connectivity index (χ1) is 4.19. The van der Waals surface area contributed by atoms with E-state index in [0.717, 1.165) is 0 Å². The maximum absolute atomic E-state index is 12.7. The van der Waals surface area contributed by atoms with Crippen LogP contribution < -0.4 is 0 Å². The van der Waals surface area contributed by atoms with Crippen LogP contribution in [0.2, 0.25) is 0 Å². The zero-order valence-corrected chi connectivity index (χ0v) is 6.16. The van der Waals surface area contributed by atoms with Crippen LogP contribution in [0.1, 0.15) is 20.8 Å². The summed E-state index contributed by atoms with van der Waals surface area (Å²) < 4.78 is 36.6. The fourth-order valence-electron chi connectivity index (χ4n) is 0.347. The van der Waals surface area contributed by atoms with Crippen molar-refractivity contribution in [3.8, 4) is 0 Å². The average Bonchev–Trinajstić information content (AvgIpc) is 1.62. The maximum atomic E-state index is 12.7. The highest BCUT2D eigenvalue weighted by Gasteiger charge is 2.51. The molecule has 0 fully saturated rings. The molecule has 1 N–H and O–H groups in total. The minimum Gasteiger partial charge on any atom is -0.334 e. The van der Waals surface area contributed by atoms with E-state index < -0.39 is 17.7 Å². The first-order valence-corrected chi connectivity index (χ1v) is 2.98. The van der Waals surface area contributed by atoms with Gasteiger partial charge in [-0.2, -0.15) is 8.78 Å². The Balaban J connectivity index is 4.40. The molecule has 1 atom stereocenters. The van der Waals surface area contributed by atoms with Crippen molar-refractivity contribution in [3.05, 3.63) is 0 Å². The number of halogens is 3. The molecule has 0 aliphatic carbocycles. The highest BCUT2D eigenvalue weighted by molar-refractivity contribution is 4.84. The summed E-state index contributed by atoms with van der Waals surface area (Å²) in [6, 6.07) is 0. The normalized spacial score (nSPS) is 19.2. The van der Waals surface area contributed by atoms with Crippen LogP contribution in [0.25, 0.3) is 0 Å². The second-order valence-corrected chi connectivity index (χ2v) is 2.77. The molecule has 0 heterocycles. The van der Waals surface area contributed by atoms with Gasteiger partial charge in [0.05, 0.1) is 0 Å². The number of hydrogen-bond donors (Lipinski definition) is 1. The molecule has 10 heavy (non-hydrogen) atoms. The van der Waals surface area contributed by atoms with Crippen molar-refractivity contribution in [2.24, 2.45) is 5.92 Å². The van der Waals surface area contributed by atoms with Crippen molar-refractivity contribution in [2.45, 2.75) is 32.5 Å². The van der Waals surface area contributed by atoms with Gasteiger partial charge in [0.25, 0.3) is 0 Å². The summed E-state index contributed by atoms with van der Waals surface area (Å²) in [5, 5.41) is 8.01. The number of hydrogen-bond acceptors (Lipinski definition) is 1. The van der Waals surface area contributed by atoms with Crippen LogP contribution in [0.4, 0.5) is 13.2 Å². The van der Waals surface area contributed by atoms with Gasteiger partial charge in [-0.15, -0.1) is 0 Å². The van der Waals surface area contributed by atoms with Crippen LogP contribution in [-0.4, -0.2) is 16.9 Å². The highest BCUT2D eigenvalue weighted by atomic mass is 19.3. The van der Waals surface area contributed by atoms with E-state index in [9.17, 15) is 13.2 Å². The molecule has 0 aromatic carbocycles. The lowest BCUT2D eigenvalue weighted by Crippen LogP contribution is -2.45. The fraction of sp³-hybridized carbons (Fsp3) is 1.00. The molecule has 0 radical (unpaired) electrons.